The first-order valence-corrected chi connectivity index (χ1v) is 7.48. The number of rotatable bonds is 3. The normalized spacial score (nSPS) is 31.6. The highest BCUT2D eigenvalue weighted by molar-refractivity contribution is 4.80. The van der Waals surface area contributed by atoms with Crippen molar-refractivity contribution in [3.63, 3.8) is 0 Å². The Morgan fingerprint density at radius 1 is 0.895 bits per heavy atom. The molecule has 2 fully saturated rings. The first-order valence-electron chi connectivity index (χ1n) is 7.48. The van der Waals surface area contributed by atoms with Crippen molar-refractivity contribution in [1.82, 2.24) is 4.90 Å². The molecule has 0 aromatic carbocycles. The van der Waals surface area contributed by atoms with Crippen molar-refractivity contribution in [1.29, 1.82) is 0 Å². The van der Waals surface area contributed by atoms with Gasteiger partial charge in [-0.1, -0.05) is 0 Å². The number of halogens is 3. The van der Waals surface area contributed by atoms with Crippen molar-refractivity contribution in [3.8, 4) is 0 Å². The summed E-state index contributed by atoms with van der Waals surface area (Å²) in [5, 5.41) is 0. The molecule has 0 spiro atoms. The smallest absolute Gasteiger partial charge is 0.330 e. The molecule has 2 nitrogen and oxygen atoms in total. The molecule has 1 saturated heterocycles. The predicted octanol–water partition coefficient (Wildman–Crippen LogP) is 3.03. The Balaban J connectivity index is 1.69. The Labute approximate surface area is 113 Å². The molecule has 0 unspecified atom stereocenters. The lowest BCUT2D eigenvalue weighted by atomic mass is 9.81. The molecule has 5 heteroatoms. The third kappa shape index (κ3) is 4.35. The van der Waals surface area contributed by atoms with Crippen molar-refractivity contribution >= 4 is 0 Å². The van der Waals surface area contributed by atoms with E-state index in [1.54, 1.807) is 0 Å². The molecule has 0 atom stereocenters. The Bertz CT molecular complexity index is 264. The summed E-state index contributed by atoms with van der Waals surface area (Å²) < 4.78 is 37.7. The maximum Gasteiger partial charge on any atom is 0.391 e. The summed E-state index contributed by atoms with van der Waals surface area (Å²) >= 11 is 0. The van der Waals surface area contributed by atoms with Crippen molar-refractivity contribution in [2.45, 2.75) is 44.7 Å². The number of likely N-dealkylation sites (tertiary alicyclic amines) is 1. The van der Waals surface area contributed by atoms with Crippen LogP contribution in [0.3, 0.4) is 0 Å². The maximum atomic E-state index is 12.6. The zero-order valence-electron chi connectivity index (χ0n) is 11.5. The lowest BCUT2D eigenvalue weighted by molar-refractivity contribution is -0.185. The van der Waals surface area contributed by atoms with Crippen LogP contribution in [0.5, 0.6) is 0 Å². The van der Waals surface area contributed by atoms with Gasteiger partial charge in [0.15, 0.2) is 0 Å². The van der Waals surface area contributed by atoms with Gasteiger partial charge in [0.1, 0.15) is 0 Å². The third-order valence-corrected chi connectivity index (χ3v) is 4.87. The fourth-order valence-electron chi connectivity index (χ4n) is 3.46. The molecule has 112 valence electrons. The molecule has 19 heavy (non-hydrogen) atoms. The van der Waals surface area contributed by atoms with Crippen LogP contribution in [-0.4, -0.2) is 37.3 Å². The molecule has 0 aromatic heterocycles. The molecule has 2 N–H and O–H groups in total. The van der Waals surface area contributed by atoms with Crippen LogP contribution in [0.15, 0.2) is 0 Å². The van der Waals surface area contributed by atoms with Crippen LogP contribution in [-0.2, 0) is 0 Å². The first kappa shape index (κ1) is 15.1. The van der Waals surface area contributed by atoms with E-state index in [4.69, 9.17) is 5.73 Å². The fraction of sp³-hybridized carbons (Fsp3) is 1.00. The lowest BCUT2D eigenvalue weighted by Gasteiger charge is -2.36. The van der Waals surface area contributed by atoms with Crippen molar-refractivity contribution in [2.75, 3.05) is 26.2 Å². The van der Waals surface area contributed by atoms with Crippen molar-refractivity contribution < 1.29 is 13.2 Å². The van der Waals surface area contributed by atoms with Gasteiger partial charge in [0, 0.05) is 6.54 Å². The van der Waals surface area contributed by atoms with Crippen molar-refractivity contribution in [3.05, 3.63) is 0 Å². The molecule has 1 aliphatic heterocycles. The highest BCUT2D eigenvalue weighted by Gasteiger charge is 2.41. The average Bonchev–Trinajstić information content (AvgIpc) is 2.39. The number of hydrogen-bond donors (Lipinski definition) is 1. The summed E-state index contributed by atoms with van der Waals surface area (Å²) in [6.45, 7) is 2.99. The number of hydrogen-bond acceptors (Lipinski definition) is 2. The quantitative estimate of drug-likeness (QED) is 0.860. The van der Waals surface area contributed by atoms with Gasteiger partial charge < -0.3 is 10.6 Å². The minimum atomic E-state index is -3.99. The first-order chi connectivity index (χ1) is 8.99. The van der Waals surface area contributed by atoms with Crippen LogP contribution in [0.2, 0.25) is 0 Å². The minimum absolute atomic E-state index is 0.279. The van der Waals surface area contributed by atoms with Gasteiger partial charge in [-0.15, -0.1) is 0 Å². The van der Waals surface area contributed by atoms with Gasteiger partial charge in [-0.3, -0.25) is 0 Å². The average molecular weight is 278 g/mol. The van der Waals surface area contributed by atoms with Gasteiger partial charge in [0.05, 0.1) is 5.92 Å². The Morgan fingerprint density at radius 2 is 1.42 bits per heavy atom. The van der Waals surface area contributed by atoms with E-state index in [-0.39, 0.29) is 12.8 Å². The van der Waals surface area contributed by atoms with E-state index in [0.717, 1.165) is 13.1 Å². The topological polar surface area (TPSA) is 29.3 Å². The largest absolute Gasteiger partial charge is 0.391 e. The van der Waals surface area contributed by atoms with Crippen LogP contribution in [0, 0.1) is 17.8 Å². The summed E-state index contributed by atoms with van der Waals surface area (Å²) in [6, 6.07) is 0. The standard InChI is InChI=1S/C14H25F3N2/c15-14(16,17)13-5-7-19(8-6-13)10-12-3-1-11(9-18)2-4-12/h11-13H,1-10,18H2. The lowest BCUT2D eigenvalue weighted by Crippen LogP contribution is -2.41. The van der Waals surface area contributed by atoms with Crippen LogP contribution >= 0.6 is 0 Å². The summed E-state index contributed by atoms with van der Waals surface area (Å²) in [4.78, 5) is 2.23. The van der Waals surface area contributed by atoms with Gasteiger partial charge >= 0.3 is 6.18 Å². The second-order valence-electron chi connectivity index (χ2n) is 6.24. The van der Waals surface area contributed by atoms with E-state index in [0.29, 0.717) is 24.9 Å². The van der Waals surface area contributed by atoms with E-state index < -0.39 is 12.1 Å². The summed E-state index contributed by atoms with van der Waals surface area (Å²) in [7, 11) is 0. The minimum Gasteiger partial charge on any atom is -0.330 e. The monoisotopic (exact) mass is 278 g/mol. The molecule has 0 aromatic rings. The van der Waals surface area contributed by atoms with Crippen LogP contribution in [0.4, 0.5) is 13.2 Å². The SMILES string of the molecule is NCC1CCC(CN2CCC(C(F)(F)F)CC2)CC1. The number of piperidine rings is 1. The highest BCUT2D eigenvalue weighted by Crippen LogP contribution is 2.35. The zero-order chi connectivity index (χ0) is 13.9. The van der Waals surface area contributed by atoms with Crippen LogP contribution < -0.4 is 5.73 Å². The molecule has 0 radical (unpaired) electrons. The Hall–Kier alpha value is -0.290. The maximum absolute atomic E-state index is 12.6. The molecule has 1 aliphatic carbocycles. The molecule has 1 heterocycles. The van der Waals surface area contributed by atoms with Gasteiger partial charge in [0.25, 0.3) is 0 Å². The summed E-state index contributed by atoms with van der Waals surface area (Å²) in [5.41, 5.74) is 5.67. The van der Waals surface area contributed by atoms with Crippen LogP contribution in [0.25, 0.3) is 0 Å². The molecule has 0 amide bonds. The second kappa shape index (κ2) is 6.44. The van der Waals surface area contributed by atoms with Gasteiger partial charge in [0.2, 0.25) is 0 Å². The number of alkyl halides is 3. The molecule has 1 saturated carbocycles. The van der Waals surface area contributed by atoms with Gasteiger partial charge in [-0.25, -0.2) is 0 Å². The summed E-state index contributed by atoms with van der Waals surface area (Å²) in [5.74, 6) is 0.272. The molecular weight excluding hydrogens is 253 g/mol. The third-order valence-electron chi connectivity index (χ3n) is 4.87. The Morgan fingerprint density at radius 3 is 1.89 bits per heavy atom. The zero-order valence-corrected chi connectivity index (χ0v) is 11.5. The van der Waals surface area contributed by atoms with Gasteiger partial charge in [-0.2, -0.15) is 13.2 Å². The highest BCUT2D eigenvalue weighted by atomic mass is 19.4. The number of nitrogens with two attached hydrogens (primary N) is 1. The van der Waals surface area contributed by atoms with Crippen LogP contribution in [0.1, 0.15) is 38.5 Å². The van der Waals surface area contributed by atoms with Gasteiger partial charge in [-0.05, 0) is 70.0 Å². The molecule has 0 bridgehead atoms. The summed E-state index contributed by atoms with van der Waals surface area (Å²) in [6.07, 6.45) is 1.34. The van der Waals surface area contributed by atoms with Crippen molar-refractivity contribution in [2.24, 2.45) is 23.5 Å². The molecule has 2 aliphatic rings. The van der Waals surface area contributed by atoms with E-state index in [1.165, 1.54) is 25.7 Å². The molecular formula is C14H25F3N2. The van der Waals surface area contributed by atoms with E-state index >= 15 is 0 Å². The number of nitrogens with zero attached hydrogens (tertiary/aromatic N) is 1. The second-order valence-corrected chi connectivity index (χ2v) is 6.24. The fourth-order valence-corrected chi connectivity index (χ4v) is 3.46. The predicted molar refractivity (Wildman–Crippen MR) is 69.7 cm³/mol. The molecule has 2 rings (SSSR count). The van der Waals surface area contributed by atoms with E-state index in [9.17, 15) is 13.2 Å². The van der Waals surface area contributed by atoms with E-state index in [2.05, 4.69) is 4.90 Å². The Kier molecular flexibility index (Phi) is 5.12. The van der Waals surface area contributed by atoms with E-state index in [1.807, 2.05) is 0 Å².